The second-order valence-corrected chi connectivity index (χ2v) is 8.38. The van der Waals surface area contributed by atoms with Gasteiger partial charge in [-0.25, -0.2) is 4.79 Å². The number of hydrogen-bond acceptors (Lipinski definition) is 4. The summed E-state index contributed by atoms with van der Waals surface area (Å²) >= 11 is 12.2. The number of amides is 4. The molecule has 1 unspecified atom stereocenters. The molecule has 3 aromatic rings. The van der Waals surface area contributed by atoms with Crippen molar-refractivity contribution in [2.75, 3.05) is 0 Å². The molecule has 9 heteroatoms. The molecule has 0 bridgehead atoms. The number of furan rings is 1. The third kappa shape index (κ3) is 4.22. The number of imide groups is 1. The van der Waals surface area contributed by atoms with E-state index in [1.165, 1.54) is 12.3 Å². The smallest absolute Gasteiger partial charge is 0.325 e. The third-order valence-corrected chi connectivity index (χ3v) is 5.83. The van der Waals surface area contributed by atoms with Gasteiger partial charge < -0.3 is 15.1 Å². The van der Waals surface area contributed by atoms with Crippen LogP contribution in [0.3, 0.4) is 0 Å². The first-order valence-electron chi connectivity index (χ1n) is 9.77. The monoisotopic (exact) mass is 471 g/mol. The molecular formula is C23H19Cl2N3O4. The summed E-state index contributed by atoms with van der Waals surface area (Å²) < 4.78 is 5.21. The minimum Gasteiger partial charge on any atom is -0.467 e. The quantitative estimate of drug-likeness (QED) is 0.518. The Bertz CT molecular complexity index is 1200. The fourth-order valence-electron chi connectivity index (χ4n) is 3.59. The molecule has 1 atom stereocenters. The van der Waals surface area contributed by atoms with Crippen molar-refractivity contribution in [2.45, 2.75) is 25.6 Å². The highest BCUT2D eigenvalue weighted by Crippen LogP contribution is 2.35. The van der Waals surface area contributed by atoms with Crippen LogP contribution in [0, 0.1) is 0 Å². The van der Waals surface area contributed by atoms with Gasteiger partial charge in [-0.1, -0.05) is 41.4 Å². The van der Waals surface area contributed by atoms with Crippen LogP contribution in [-0.2, 0) is 23.4 Å². The summed E-state index contributed by atoms with van der Waals surface area (Å²) in [7, 11) is 0. The van der Waals surface area contributed by atoms with E-state index in [1.807, 2.05) is 0 Å². The summed E-state index contributed by atoms with van der Waals surface area (Å²) in [5.41, 5.74) is 0.169. The zero-order valence-corrected chi connectivity index (χ0v) is 18.5. The van der Waals surface area contributed by atoms with E-state index in [9.17, 15) is 14.4 Å². The average Bonchev–Trinajstić information content (AvgIpc) is 3.35. The Balaban J connectivity index is 1.50. The molecule has 4 rings (SSSR count). The number of halogens is 2. The minimum absolute atomic E-state index is 0.00473. The van der Waals surface area contributed by atoms with E-state index in [-0.39, 0.29) is 24.0 Å². The van der Waals surface area contributed by atoms with E-state index < -0.39 is 17.5 Å². The topological polar surface area (TPSA) is 91.7 Å². The van der Waals surface area contributed by atoms with Crippen LogP contribution in [0.5, 0.6) is 0 Å². The molecule has 2 aromatic carbocycles. The van der Waals surface area contributed by atoms with Gasteiger partial charge in [-0.3, -0.25) is 14.5 Å². The van der Waals surface area contributed by atoms with Crippen molar-refractivity contribution in [1.29, 1.82) is 0 Å². The summed E-state index contributed by atoms with van der Waals surface area (Å²) in [4.78, 5) is 39.4. The highest BCUT2D eigenvalue weighted by molar-refractivity contribution is 6.35. The van der Waals surface area contributed by atoms with Crippen molar-refractivity contribution in [3.05, 3.63) is 93.4 Å². The molecule has 1 aliphatic heterocycles. The van der Waals surface area contributed by atoms with Gasteiger partial charge in [-0.15, -0.1) is 0 Å². The Morgan fingerprint density at radius 2 is 1.94 bits per heavy atom. The van der Waals surface area contributed by atoms with E-state index in [4.69, 9.17) is 27.6 Å². The van der Waals surface area contributed by atoms with Crippen LogP contribution in [0.15, 0.2) is 65.3 Å². The van der Waals surface area contributed by atoms with Crippen LogP contribution < -0.4 is 10.6 Å². The van der Waals surface area contributed by atoms with Crippen molar-refractivity contribution < 1.29 is 18.8 Å². The number of nitrogens with one attached hydrogen (secondary N) is 2. The van der Waals surface area contributed by atoms with E-state index in [2.05, 4.69) is 10.6 Å². The molecule has 32 heavy (non-hydrogen) atoms. The van der Waals surface area contributed by atoms with Crippen LogP contribution in [0.2, 0.25) is 10.0 Å². The van der Waals surface area contributed by atoms with Crippen LogP contribution >= 0.6 is 23.2 Å². The van der Waals surface area contributed by atoms with Gasteiger partial charge in [0.15, 0.2) is 0 Å². The van der Waals surface area contributed by atoms with Crippen LogP contribution in [0.25, 0.3) is 0 Å². The molecular weight excluding hydrogens is 453 g/mol. The second kappa shape index (κ2) is 8.68. The molecule has 0 saturated carbocycles. The zero-order valence-electron chi connectivity index (χ0n) is 17.0. The number of benzene rings is 2. The van der Waals surface area contributed by atoms with Gasteiger partial charge in [0.1, 0.15) is 11.3 Å². The highest BCUT2D eigenvalue weighted by atomic mass is 35.5. The maximum absolute atomic E-state index is 13.2. The van der Waals surface area contributed by atoms with Crippen molar-refractivity contribution in [3.63, 3.8) is 0 Å². The van der Waals surface area contributed by atoms with Gasteiger partial charge in [0.05, 0.1) is 19.4 Å². The number of rotatable bonds is 6. The maximum Gasteiger partial charge on any atom is 0.325 e. The number of urea groups is 1. The highest BCUT2D eigenvalue weighted by Gasteiger charge is 2.49. The molecule has 2 heterocycles. The van der Waals surface area contributed by atoms with Gasteiger partial charge in [0.2, 0.25) is 0 Å². The predicted molar refractivity (Wildman–Crippen MR) is 119 cm³/mol. The number of carbonyl (C=O) groups excluding carboxylic acids is 3. The first-order chi connectivity index (χ1) is 15.3. The largest absolute Gasteiger partial charge is 0.467 e. The molecule has 1 aliphatic rings. The molecule has 4 amide bonds. The zero-order chi connectivity index (χ0) is 22.9. The fourth-order valence-corrected chi connectivity index (χ4v) is 4.19. The normalized spacial score (nSPS) is 18.0. The minimum atomic E-state index is -1.32. The summed E-state index contributed by atoms with van der Waals surface area (Å²) in [5, 5.41) is 6.20. The Morgan fingerprint density at radius 3 is 2.66 bits per heavy atom. The molecule has 2 N–H and O–H groups in total. The van der Waals surface area contributed by atoms with Gasteiger partial charge in [0.25, 0.3) is 11.8 Å². The number of carbonyl (C=O) groups is 3. The first kappa shape index (κ1) is 21.9. The summed E-state index contributed by atoms with van der Waals surface area (Å²) in [5.74, 6) is -0.105. The van der Waals surface area contributed by atoms with Gasteiger partial charge in [-0.05, 0) is 48.9 Å². The van der Waals surface area contributed by atoms with Gasteiger partial charge in [0, 0.05) is 21.2 Å². The maximum atomic E-state index is 13.2. The lowest BCUT2D eigenvalue weighted by Gasteiger charge is -2.23. The first-order valence-corrected chi connectivity index (χ1v) is 10.5. The summed E-state index contributed by atoms with van der Waals surface area (Å²) in [6.07, 6.45) is 1.53. The predicted octanol–water partition coefficient (Wildman–Crippen LogP) is 4.48. The summed E-state index contributed by atoms with van der Waals surface area (Å²) in [6, 6.07) is 14.5. The van der Waals surface area contributed by atoms with Gasteiger partial charge >= 0.3 is 6.03 Å². The molecule has 1 aromatic heterocycles. The number of hydrogen-bond donors (Lipinski definition) is 2. The molecule has 1 saturated heterocycles. The Hall–Kier alpha value is -3.29. The lowest BCUT2D eigenvalue weighted by atomic mass is 9.92. The molecule has 7 nitrogen and oxygen atoms in total. The second-order valence-electron chi connectivity index (χ2n) is 7.53. The van der Waals surface area contributed by atoms with E-state index in [1.54, 1.807) is 55.5 Å². The van der Waals surface area contributed by atoms with E-state index in [0.29, 0.717) is 27.5 Å². The van der Waals surface area contributed by atoms with Crippen molar-refractivity contribution in [3.8, 4) is 0 Å². The molecule has 164 valence electrons. The van der Waals surface area contributed by atoms with Crippen molar-refractivity contribution in [1.82, 2.24) is 15.5 Å². The standard InChI is InChI=1S/C23H19Cl2N3O4/c1-23(18-8-7-16(24)11-19(18)25)21(30)28(22(31)27-23)13-14-4-2-5-15(10-14)20(29)26-12-17-6-3-9-32-17/h2-11H,12-13H2,1H3,(H,26,29)(H,27,31). The van der Waals surface area contributed by atoms with Gasteiger partial charge in [-0.2, -0.15) is 0 Å². The molecule has 0 aliphatic carbocycles. The van der Waals surface area contributed by atoms with Crippen molar-refractivity contribution in [2.24, 2.45) is 0 Å². The molecule has 1 fully saturated rings. The van der Waals surface area contributed by atoms with E-state index in [0.717, 1.165) is 4.90 Å². The average molecular weight is 472 g/mol. The Morgan fingerprint density at radius 1 is 1.12 bits per heavy atom. The lowest BCUT2D eigenvalue weighted by Crippen LogP contribution is -2.41. The van der Waals surface area contributed by atoms with Crippen LogP contribution in [0.4, 0.5) is 4.79 Å². The molecule has 0 radical (unpaired) electrons. The Labute approximate surface area is 194 Å². The SMILES string of the molecule is CC1(c2ccc(Cl)cc2Cl)NC(=O)N(Cc2cccc(C(=O)NCc3ccco3)c2)C1=O. The summed E-state index contributed by atoms with van der Waals surface area (Å²) in [6.45, 7) is 1.86. The van der Waals surface area contributed by atoms with Crippen LogP contribution in [-0.4, -0.2) is 22.7 Å². The van der Waals surface area contributed by atoms with Crippen molar-refractivity contribution >= 4 is 41.0 Å². The lowest BCUT2D eigenvalue weighted by molar-refractivity contribution is -0.131. The molecule has 0 spiro atoms. The number of nitrogens with zero attached hydrogens (tertiary/aromatic N) is 1. The Kier molecular flexibility index (Phi) is 5.95. The fraction of sp³-hybridized carbons (Fsp3) is 0.174. The third-order valence-electron chi connectivity index (χ3n) is 5.28. The van der Waals surface area contributed by atoms with E-state index >= 15 is 0 Å². The van der Waals surface area contributed by atoms with Crippen LogP contribution in [0.1, 0.15) is 34.2 Å².